The predicted octanol–water partition coefficient (Wildman–Crippen LogP) is 1.57. The molecule has 1 aliphatic carbocycles. The van der Waals surface area contributed by atoms with Crippen molar-refractivity contribution >= 4 is 5.91 Å². The molecule has 0 unspecified atom stereocenters. The highest BCUT2D eigenvalue weighted by Crippen LogP contribution is 2.49. The molecular weight excluding hydrogens is 280 g/mol. The van der Waals surface area contributed by atoms with E-state index in [0.717, 1.165) is 39.0 Å². The second-order valence-electron chi connectivity index (χ2n) is 6.68. The maximum absolute atomic E-state index is 12.4. The van der Waals surface area contributed by atoms with Gasteiger partial charge in [0.1, 0.15) is 6.54 Å². The van der Waals surface area contributed by atoms with Crippen molar-refractivity contribution in [3.63, 3.8) is 0 Å². The first-order chi connectivity index (χ1) is 10.5. The number of ether oxygens (including phenoxy) is 1. The van der Waals surface area contributed by atoms with Crippen LogP contribution >= 0.6 is 0 Å². The molecule has 2 fully saturated rings. The topological polar surface area (TPSA) is 51.5 Å². The molecule has 120 valence electrons. The van der Waals surface area contributed by atoms with E-state index in [1.54, 1.807) is 19.2 Å². The zero-order valence-electron chi connectivity index (χ0n) is 13.4. The van der Waals surface area contributed by atoms with Crippen molar-refractivity contribution in [2.45, 2.75) is 45.8 Å². The first-order valence-corrected chi connectivity index (χ1v) is 8.08. The Bertz CT molecular complexity index is 617. The van der Waals surface area contributed by atoms with Gasteiger partial charge in [-0.2, -0.15) is 0 Å². The smallest absolute Gasteiger partial charge is 0.253 e. The highest BCUT2D eigenvalue weighted by atomic mass is 16.5. The van der Waals surface area contributed by atoms with E-state index in [-0.39, 0.29) is 23.4 Å². The summed E-state index contributed by atoms with van der Waals surface area (Å²) in [7, 11) is 0. The molecule has 1 spiro atoms. The largest absolute Gasteiger partial charge is 0.378 e. The zero-order chi connectivity index (χ0) is 15.7. The Morgan fingerprint density at radius 1 is 1.45 bits per heavy atom. The van der Waals surface area contributed by atoms with Gasteiger partial charge in [-0.3, -0.25) is 9.59 Å². The molecule has 1 saturated carbocycles. The van der Waals surface area contributed by atoms with E-state index in [9.17, 15) is 9.59 Å². The van der Waals surface area contributed by atoms with Crippen molar-refractivity contribution in [1.29, 1.82) is 0 Å². The standard InChI is InChI=1S/C17H24N2O3/c1-3-22-14-9-17(10-14)6-8-19(12-17)15(20)11-18-7-4-5-13(2)16(18)21/h4-5,7,14H,3,6,8-12H2,1-2H3. The minimum atomic E-state index is -0.0789. The molecule has 0 atom stereocenters. The Hall–Kier alpha value is -1.62. The van der Waals surface area contributed by atoms with Crippen molar-refractivity contribution in [1.82, 2.24) is 9.47 Å². The highest BCUT2D eigenvalue weighted by molar-refractivity contribution is 5.76. The van der Waals surface area contributed by atoms with E-state index in [2.05, 4.69) is 0 Å². The van der Waals surface area contributed by atoms with Gasteiger partial charge in [0.2, 0.25) is 5.91 Å². The average molecular weight is 304 g/mol. The first kappa shape index (κ1) is 15.3. The molecule has 5 heteroatoms. The number of carbonyl (C=O) groups is 1. The van der Waals surface area contributed by atoms with Crippen molar-refractivity contribution in [2.24, 2.45) is 5.41 Å². The summed E-state index contributed by atoms with van der Waals surface area (Å²) in [6.45, 7) is 6.32. The quantitative estimate of drug-likeness (QED) is 0.848. The molecule has 3 rings (SSSR count). The summed E-state index contributed by atoms with van der Waals surface area (Å²) >= 11 is 0. The minimum Gasteiger partial charge on any atom is -0.378 e. The summed E-state index contributed by atoms with van der Waals surface area (Å²) in [5, 5.41) is 0. The van der Waals surface area contributed by atoms with E-state index in [4.69, 9.17) is 4.74 Å². The van der Waals surface area contributed by atoms with Crippen LogP contribution in [0.5, 0.6) is 0 Å². The second kappa shape index (κ2) is 5.88. The third-order valence-corrected chi connectivity index (χ3v) is 5.03. The van der Waals surface area contributed by atoms with Crippen LogP contribution in [0.3, 0.4) is 0 Å². The van der Waals surface area contributed by atoms with Gasteiger partial charge < -0.3 is 14.2 Å². The van der Waals surface area contributed by atoms with Crippen LogP contribution < -0.4 is 5.56 Å². The number of likely N-dealkylation sites (tertiary alicyclic amines) is 1. The number of hydrogen-bond donors (Lipinski definition) is 0. The van der Waals surface area contributed by atoms with Crippen LogP contribution in [0, 0.1) is 12.3 Å². The number of aromatic nitrogens is 1. The molecule has 0 aromatic carbocycles. The van der Waals surface area contributed by atoms with Crippen LogP contribution in [0.15, 0.2) is 23.1 Å². The molecule has 1 amide bonds. The van der Waals surface area contributed by atoms with Gasteiger partial charge in [-0.25, -0.2) is 0 Å². The molecule has 1 aromatic heterocycles. The molecular formula is C17H24N2O3. The van der Waals surface area contributed by atoms with Gasteiger partial charge in [-0.15, -0.1) is 0 Å². The Labute approximate surface area is 130 Å². The summed E-state index contributed by atoms with van der Waals surface area (Å²) in [4.78, 5) is 26.4. The van der Waals surface area contributed by atoms with E-state index in [0.29, 0.717) is 11.7 Å². The van der Waals surface area contributed by atoms with Gasteiger partial charge in [-0.05, 0) is 44.6 Å². The van der Waals surface area contributed by atoms with Gasteiger partial charge in [-0.1, -0.05) is 6.07 Å². The Morgan fingerprint density at radius 3 is 2.95 bits per heavy atom. The number of rotatable bonds is 4. The van der Waals surface area contributed by atoms with E-state index >= 15 is 0 Å². The fourth-order valence-electron chi connectivity index (χ4n) is 3.77. The van der Waals surface area contributed by atoms with Gasteiger partial charge in [0.05, 0.1) is 6.10 Å². The summed E-state index contributed by atoms with van der Waals surface area (Å²) in [6, 6.07) is 3.59. The first-order valence-electron chi connectivity index (χ1n) is 8.08. The summed E-state index contributed by atoms with van der Waals surface area (Å²) < 4.78 is 7.14. The third-order valence-electron chi connectivity index (χ3n) is 5.03. The van der Waals surface area contributed by atoms with Gasteiger partial charge >= 0.3 is 0 Å². The monoisotopic (exact) mass is 304 g/mol. The maximum Gasteiger partial charge on any atom is 0.253 e. The van der Waals surface area contributed by atoms with Crippen LogP contribution in [-0.4, -0.2) is 41.2 Å². The van der Waals surface area contributed by atoms with Crippen LogP contribution in [0.1, 0.15) is 31.7 Å². The number of aryl methyl sites for hydroxylation is 1. The molecule has 2 aliphatic rings. The number of amides is 1. The highest BCUT2D eigenvalue weighted by Gasteiger charge is 2.49. The fourth-order valence-corrected chi connectivity index (χ4v) is 3.77. The number of nitrogens with zero attached hydrogens (tertiary/aromatic N) is 2. The SMILES string of the molecule is CCOC1CC2(CCN(C(=O)Cn3cccc(C)c3=O)C2)C1. The Kier molecular flexibility index (Phi) is 4.08. The molecule has 0 radical (unpaired) electrons. The lowest BCUT2D eigenvalue weighted by molar-refractivity contribution is -0.132. The van der Waals surface area contributed by atoms with Crippen molar-refractivity contribution < 1.29 is 9.53 Å². The molecule has 22 heavy (non-hydrogen) atoms. The molecule has 0 bridgehead atoms. The lowest BCUT2D eigenvalue weighted by atomic mass is 9.66. The summed E-state index contributed by atoms with van der Waals surface area (Å²) in [6.07, 6.45) is 5.25. The van der Waals surface area contributed by atoms with Crippen LogP contribution in [0.25, 0.3) is 0 Å². The molecule has 1 aliphatic heterocycles. The molecule has 5 nitrogen and oxygen atoms in total. The molecule has 1 saturated heterocycles. The fraction of sp³-hybridized carbons (Fsp3) is 0.647. The van der Waals surface area contributed by atoms with Crippen molar-refractivity contribution in [2.75, 3.05) is 19.7 Å². The van der Waals surface area contributed by atoms with Crippen LogP contribution in [0.2, 0.25) is 0 Å². The molecule has 2 heterocycles. The lowest BCUT2D eigenvalue weighted by Crippen LogP contribution is -2.45. The third kappa shape index (κ3) is 2.82. The van der Waals surface area contributed by atoms with Crippen molar-refractivity contribution in [3.05, 3.63) is 34.2 Å². The Morgan fingerprint density at radius 2 is 2.23 bits per heavy atom. The molecule has 0 N–H and O–H groups in total. The van der Waals surface area contributed by atoms with E-state index in [1.807, 2.05) is 17.9 Å². The van der Waals surface area contributed by atoms with Gasteiger partial charge in [0, 0.05) is 31.5 Å². The number of carbonyl (C=O) groups excluding carboxylic acids is 1. The Balaban J connectivity index is 1.58. The second-order valence-corrected chi connectivity index (χ2v) is 6.68. The average Bonchev–Trinajstić information content (AvgIpc) is 2.89. The predicted molar refractivity (Wildman–Crippen MR) is 83.7 cm³/mol. The summed E-state index contributed by atoms with van der Waals surface area (Å²) in [5.41, 5.74) is 0.865. The van der Waals surface area contributed by atoms with Crippen molar-refractivity contribution in [3.8, 4) is 0 Å². The lowest BCUT2D eigenvalue weighted by Gasteiger charge is -2.44. The maximum atomic E-state index is 12.4. The summed E-state index contributed by atoms with van der Waals surface area (Å²) in [5.74, 6) is 0.0458. The molecule has 1 aromatic rings. The van der Waals surface area contributed by atoms with Gasteiger partial charge in [0.15, 0.2) is 0 Å². The number of pyridine rings is 1. The number of hydrogen-bond acceptors (Lipinski definition) is 3. The van der Waals surface area contributed by atoms with Gasteiger partial charge in [0.25, 0.3) is 5.56 Å². The van der Waals surface area contributed by atoms with Crippen LogP contribution in [-0.2, 0) is 16.1 Å². The minimum absolute atomic E-state index is 0.0458. The normalized spacial score (nSPS) is 27.2. The van der Waals surface area contributed by atoms with Crippen LogP contribution in [0.4, 0.5) is 0 Å². The van der Waals surface area contributed by atoms with E-state index < -0.39 is 0 Å². The van der Waals surface area contributed by atoms with E-state index in [1.165, 1.54) is 4.57 Å². The zero-order valence-corrected chi connectivity index (χ0v) is 13.4.